The largest absolute Gasteiger partial charge is 0.333 e. The van der Waals surface area contributed by atoms with Crippen LogP contribution in [0.5, 0.6) is 0 Å². The fourth-order valence-corrected chi connectivity index (χ4v) is 3.48. The number of aryl methyl sites for hydroxylation is 1. The number of imidazole rings is 1. The molecule has 1 heterocycles. The van der Waals surface area contributed by atoms with E-state index in [0.29, 0.717) is 5.92 Å². The summed E-state index contributed by atoms with van der Waals surface area (Å²) in [5, 5.41) is 3.57. The van der Waals surface area contributed by atoms with Gasteiger partial charge in [-0.3, -0.25) is 0 Å². The Kier molecular flexibility index (Phi) is 3.52. The lowest BCUT2D eigenvalue weighted by molar-refractivity contribution is 0.467. The van der Waals surface area contributed by atoms with Gasteiger partial charge in [-0.05, 0) is 43.2 Å². The molecule has 1 N–H and O–H groups in total. The van der Waals surface area contributed by atoms with Crippen molar-refractivity contribution in [3.05, 3.63) is 53.6 Å². The average molecular weight is 281 g/mol. The maximum atomic E-state index is 4.54. The van der Waals surface area contributed by atoms with E-state index in [0.717, 1.165) is 19.1 Å². The van der Waals surface area contributed by atoms with E-state index in [2.05, 4.69) is 45.3 Å². The first-order valence-electron chi connectivity index (χ1n) is 8.21. The highest BCUT2D eigenvalue weighted by atomic mass is 15.1. The molecule has 1 aromatic carbocycles. The Morgan fingerprint density at radius 3 is 3.00 bits per heavy atom. The molecule has 1 unspecified atom stereocenters. The van der Waals surface area contributed by atoms with Crippen molar-refractivity contribution in [2.45, 2.75) is 57.2 Å². The van der Waals surface area contributed by atoms with Gasteiger partial charge in [-0.2, -0.15) is 0 Å². The molecule has 0 amide bonds. The molecule has 2 aromatic rings. The summed E-state index contributed by atoms with van der Waals surface area (Å²) in [7, 11) is 0. The first kappa shape index (κ1) is 13.1. The molecule has 4 rings (SSSR count). The van der Waals surface area contributed by atoms with Crippen molar-refractivity contribution in [2.24, 2.45) is 0 Å². The van der Waals surface area contributed by atoms with E-state index < -0.39 is 0 Å². The van der Waals surface area contributed by atoms with Gasteiger partial charge in [0.15, 0.2) is 0 Å². The highest BCUT2D eigenvalue weighted by Crippen LogP contribution is 2.32. The molecule has 1 atom stereocenters. The monoisotopic (exact) mass is 281 g/mol. The molecule has 0 saturated heterocycles. The van der Waals surface area contributed by atoms with Crippen molar-refractivity contribution in [3.8, 4) is 0 Å². The number of fused-ring (bicyclic) bond motifs is 1. The summed E-state index contributed by atoms with van der Waals surface area (Å²) in [5.41, 5.74) is 3.10. The first-order chi connectivity index (χ1) is 10.4. The lowest BCUT2D eigenvalue weighted by Crippen LogP contribution is -2.21. The van der Waals surface area contributed by atoms with Crippen LogP contribution in [0.3, 0.4) is 0 Å². The summed E-state index contributed by atoms with van der Waals surface area (Å²) in [6.07, 6.45) is 10.6. The lowest BCUT2D eigenvalue weighted by atomic mass is 9.83. The highest BCUT2D eigenvalue weighted by molar-refractivity contribution is 5.32. The van der Waals surface area contributed by atoms with E-state index in [1.807, 2.05) is 6.20 Å². The standard InChI is InChI=1S/C18H23N3/c1-2-7-17-14(4-1)5-3-6-15(17)13-21-11-10-19-18(21)12-20-16-8-9-16/h1-2,4,7,10-11,15-16,20H,3,5-6,8-9,12-13H2. The molecular formula is C18H23N3. The molecule has 3 nitrogen and oxygen atoms in total. The zero-order valence-corrected chi connectivity index (χ0v) is 12.5. The van der Waals surface area contributed by atoms with Crippen LogP contribution in [0, 0.1) is 0 Å². The molecule has 1 aromatic heterocycles. The minimum atomic E-state index is 0.642. The number of benzene rings is 1. The van der Waals surface area contributed by atoms with E-state index in [-0.39, 0.29) is 0 Å². The molecule has 21 heavy (non-hydrogen) atoms. The van der Waals surface area contributed by atoms with Gasteiger partial charge >= 0.3 is 0 Å². The van der Waals surface area contributed by atoms with Gasteiger partial charge in [-0.1, -0.05) is 24.3 Å². The Morgan fingerprint density at radius 1 is 1.19 bits per heavy atom. The predicted octanol–water partition coefficient (Wildman–Crippen LogP) is 3.26. The molecule has 1 fully saturated rings. The summed E-state index contributed by atoms with van der Waals surface area (Å²) in [6.45, 7) is 1.98. The van der Waals surface area contributed by atoms with Crippen molar-refractivity contribution in [3.63, 3.8) is 0 Å². The smallest absolute Gasteiger partial charge is 0.122 e. The Balaban J connectivity index is 1.50. The number of hydrogen-bond donors (Lipinski definition) is 1. The highest BCUT2D eigenvalue weighted by Gasteiger charge is 2.23. The normalized spacial score (nSPS) is 21.2. The Morgan fingerprint density at radius 2 is 2.10 bits per heavy atom. The zero-order chi connectivity index (χ0) is 14.1. The lowest BCUT2D eigenvalue weighted by Gasteiger charge is -2.26. The van der Waals surface area contributed by atoms with Gasteiger partial charge in [0.05, 0.1) is 6.54 Å². The zero-order valence-electron chi connectivity index (χ0n) is 12.5. The number of hydrogen-bond acceptors (Lipinski definition) is 2. The van der Waals surface area contributed by atoms with Crippen LogP contribution in [0.25, 0.3) is 0 Å². The molecule has 0 aliphatic heterocycles. The minimum Gasteiger partial charge on any atom is -0.333 e. The van der Waals surface area contributed by atoms with Crippen LogP contribution in [-0.4, -0.2) is 15.6 Å². The Hall–Kier alpha value is -1.61. The van der Waals surface area contributed by atoms with E-state index in [1.165, 1.54) is 37.9 Å². The summed E-state index contributed by atoms with van der Waals surface area (Å²) in [5.74, 6) is 1.83. The fraction of sp³-hybridized carbons (Fsp3) is 0.500. The van der Waals surface area contributed by atoms with E-state index in [4.69, 9.17) is 0 Å². The van der Waals surface area contributed by atoms with Gasteiger partial charge in [0.2, 0.25) is 0 Å². The molecule has 2 aliphatic carbocycles. The van der Waals surface area contributed by atoms with Crippen LogP contribution in [0.15, 0.2) is 36.7 Å². The summed E-state index contributed by atoms with van der Waals surface area (Å²) in [6, 6.07) is 9.71. The summed E-state index contributed by atoms with van der Waals surface area (Å²) in [4.78, 5) is 4.54. The third-order valence-electron chi connectivity index (χ3n) is 4.84. The quantitative estimate of drug-likeness (QED) is 0.911. The van der Waals surface area contributed by atoms with Gasteiger partial charge in [0.1, 0.15) is 5.82 Å². The van der Waals surface area contributed by atoms with E-state index >= 15 is 0 Å². The van der Waals surface area contributed by atoms with Crippen LogP contribution in [-0.2, 0) is 19.5 Å². The van der Waals surface area contributed by atoms with Gasteiger partial charge in [-0.15, -0.1) is 0 Å². The molecule has 1 saturated carbocycles. The molecule has 0 radical (unpaired) electrons. The van der Waals surface area contributed by atoms with Crippen LogP contribution in [0.1, 0.15) is 48.6 Å². The number of rotatable bonds is 5. The number of nitrogens with zero attached hydrogens (tertiary/aromatic N) is 2. The van der Waals surface area contributed by atoms with Crippen molar-refractivity contribution in [2.75, 3.05) is 0 Å². The second-order valence-electron chi connectivity index (χ2n) is 6.44. The van der Waals surface area contributed by atoms with Gasteiger partial charge in [0.25, 0.3) is 0 Å². The van der Waals surface area contributed by atoms with Crippen molar-refractivity contribution < 1.29 is 0 Å². The van der Waals surface area contributed by atoms with Crippen LogP contribution >= 0.6 is 0 Å². The molecule has 0 bridgehead atoms. The maximum absolute atomic E-state index is 4.54. The summed E-state index contributed by atoms with van der Waals surface area (Å²) < 4.78 is 2.35. The fourth-order valence-electron chi connectivity index (χ4n) is 3.48. The third-order valence-corrected chi connectivity index (χ3v) is 4.84. The van der Waals surface area contributed by atoms with Gasteiger partial charge in [0, 0.05) is 30.9 Å². The molecule has 0 spiro atoms. The van der Waals surface area contributed by atoms with Gasteiger partial charge < -0.3 is 9.88 Å². The van der Waals surface area contributed by atoms with Crippen LogP contribution < -0.4 is 5.32 Å². The topological polar surface area (TPSA) is 29.9 Å². The average Bonchev–Trinajstić information content (AvgIpc) is 3.25. The van der Waals surface area contributed by atoms with Gasteiger partial charge in [-0.25, -0.2) is 4.98 Å². The second kappa shape index (κ2) is 5.64. The Bertz CT molecular complexity index is 612. The Labute approximate surface area is 126 Å². The van der Waals surface area contributed by atoms with Crippen LogP contribution in [0.2, 0.25) is 0 Å². The van der Waals surface area contributed by atoms with E-state index in [9.17, 15) is 0 Å². The number of nitrogens with one attached hydrogen (secondary N) is 1. The van der Waals surface area contributed by atoms with Crippen molar-refractivity contribution in [1.29, 1.82) is 0 Å². The van der Waals surface area contributed by atoms with E-state index in [1.54, 1.807) is 11.1 Å². The van der Waals surface area contributed by atoms with Crippen molar-refractivity contribution >= 4 is 0 Å². The second-order valence-corrected chi connectivity index (χ2v) is 6.44. The SMILES string of the molecule is c1ccc2c(c1)CCCC2Cn1ccnc1CNC1CC1. The minimum absolute atomic E-state index is 0.642. The first-order valence-corrected chi connectivity index (χ1v) is 8.21. The predicted molar refractivity (Wildman–Crippen MR) is 84.2 cm³/mol. The maximum Gasteiger partial charge on any atom is 0.122 e. The van der Waals surface area contributed by atoms with Crippen molar-refractivity contribution in [1.82, 2.24) is 14.9 Å². The molecule has 3 heteroatoms. The number of aromatic nitrogens is 2. The van der Waals surface area contributed by atoms with Crippen LogP contribution in [0.4, 0.5) is 0 Å². The molecular weight excluding hydrogens is 258 g/mol. The molecule has 110 valence electrons. The third kappa shape index (κ3) is 2.88. The summed E-state index contributed by atoms with van der Waals surface area (Å²) >= 11 is 0. The molecule has 2 aliphatic rings.